The molecule has 27 heavy (non-hydrogen) atoms. The molecule has 2 aliphatic heterocycles. The van der Waals surface area contributed by atoms with E-state index in [-0.39, 0.29) is 5.91 Å². The third kappa shape index (κ3) is 3.29. The van der Waals surface area contributed by atoms with Crippen molar-refractivity contribution in [3.63, 3.8) is 0 Å². The van der Waals surface area contributed by atoms with Crippen molar-refractivity contribution in [3.8, 4) is 17.0 Å². The van der Waals surface area contributed by atoms with E-state index in [2.05, 4.69) is 29.2 Å². The van der Waals surface area contributed by atoms with E-state index in [1.807, 2.05) is 29.2 Å². The lowest BCUT2D eigenvalue weighted by Crippen LogP contribution is -2.42. The molecule has 0 saturated carbocycles. The highest BCUT2D eigenvalue weighted by Crippen LogP contribution is 2.31. The summed E-state index contributed by atoms with van der Waals surface area (Å²) in [5, 5.41) is 11.7. The minimum absolute atomic E-state index is 0.00200. The maximum absolute atomic E-state index is 12.9. The molecule has 0 aliphatic carbocycles. The first kappa shape index (κ1) is 17.6. The number of nitrogens with zero attached hydrogens (tertiary/aromatic N) is 3. The van der Waals surface area contributed by atoms with Crippen LogP contribution in [0, 0.1) is 5.92 Å². The van der Waals surface area contributed by atoms with Crippen LogP contribution in [0.3, 0.4) is 0 Å². The molecule has 0 radical (unpaired) electrons. The van der Waals surface area contributed by atoms with Gasteiger partial charge in [0.2, 0.25) is 6.10 Å². The van der Waals surface area contributed by atoms with E-state index in [1.165, 1.54) is 0 Å². The zero-order valence-electron chi connectivity index (χ0n) is 15.9. The molecule has 0 saturated heterocycles. The zero-order valence-corrected chi connectivity index (χ0v) is 15.9. The van der Waals surface area contributed by atoms with Crippen molar-refractivity contribution < 1.29 is 14.4 Å². The third-order valence-corrected chi connectivity index (χ3v) is 5.22. The van der Waals surface area contributed by atoms with Crippen molar-refractivity contribution in [2.24, 2.45) is 11.1 Å². The van der Waals surface area contributed by atoms with Crippen molar-refractivity contribution in [3.05, 3.63) is 35.5 Å². The van der Waals surface area contributed by atoms with Crippen LogP contribution < -0.4 is 4.74 Å². The number of oxime groups is 1. The van der Waals surface area contributed by atoms with Crippen LogP contribution in [0.4, 0.5) is 0 Å². The maximum Gasteiger partial charge on any atom is 0.267 e. The molecule has 1 aromatic heterocycles. The Kier molecular flexibility index (Phi) is 4.59. The number of nitrogens with one attached hydrogen (secondary N) is 1. The number of carbonyl (C=O) groups is 1. The Morgan fingerprint density at radius 3 is 3.00 bits per heavy atom. The first-order chi connectivity index (χ1) is 13.1. The lowest BCUT2D eigenvalue weighted by molar-refractivity contribution is -0.143. The molecule has 0 fully saturated rings. The van der Waals surface area contributed by atoms with Gasteiger partial charge in [0.05, 0.1) is 18.5 Å². The molecular formula is C20H24N4O3. The molecule has 142 valence electrons. The second-order valence-corrected chi connectivity index (χ2v) is 7.31. The van der Waals surface area contributed by atoms with Crippen LogP contribution in [-0.2, 0) is 22.6 Å². The molecule has 3 heterocycles. The van der Waals surface area contributed by atoms with Crippen LogP contribution in [0.25, 0.3) is 11.3 Å². The van der Waals surface area contributed by atoms with Crippen molar-refractivity contribution in [1.82, 2.24) is 15.1 Å². The molecule has 2 aromatic rings. The number of ether oxygens (including phenoxy) is 1. The van der Waals surface area contributed by atoms with Crippen LogP contribution in [0.2, 0.25) is 0 Å². The fourth-order valence-corrected chi connectivity index (χ4v) is 3.57. The highest BCUT2D eigenvalue weighted by Gasteiger charge is 2.35. The third-order valence-electron chi connectivity index (χ3n) is 5.22. The van der Waals surface area contributed by atoms with E-state index in [4.69, 9.17) is 9.57 Å². The first-order valence-corrected chi connectivity index (χ1v) is 9.28. The van der Waals surface area contributed by atoms with Gasteiger partial charge in [-0.15, -0.1) is 0 Å². The Hall–Kier alpha value is -2.83. The number of H-pyrrole nitrogens is 1. The van der Waals surface area contributed by atoms with Gasteiger partial charge in [-0.1, -0.05) is 31.1 Å². The van der Waals surface area contributed by atoms with E-state index in [0.717, 1.165) is 40.4 Å². The van der Waals surface area contributed by atoms with Gasteiger partial charge in [0.1, 0.15) is 5.75 Å². The van der Waals surface area contributed by atoms with Gasteiger partial charge < -0.3 is 14.5 Å². The summed E-state index contributed by atoms with van der Waals surface area (Å²) in [6.07, 6.45) is 0.826. The number of hydrogen-bond acceptors (Lipinski definition) is 5. The van der Waals surface area contributed by atoms with E-state index >= 15 is 0 Å². The molecule has 0 bridgehead atoms. The Balaban J connectivity index is 1.53. The lowest BCUT2D eigenvalue weighted by atomic mass is 9.99. The van der Waals surface area contributed by atoms with Gasteiger partial charge in [-0.25, -0.2) is 0 Å². The number of fused-ring (bicyclic) bond motifs is 1. The second kappa shape index (κ2) is 7.06. The molecule has 4 rings (SSSR count). The lowest BCUT2D eigenvalue weighted by Gasteiger charge is -2.28. The van der Waals surface area contributed by atoms with Crippen LogP contribution >= 0.6 is 0 Å². The minimum Gasteiger partial charge on any atom is -0.497 e. The SMILES string of the molecule is COc1cccc(-c2n[nH]c3c2CN(C(=O)[C@@H]2CC(C(C)C)=NO2)CC3)c1. The predicted octanol–water partition coefficient (Wildman–Crippen LogP) is 2.77. The average molecular weight is 368 g/mol. The van der Waals surface area contributed by atoms with Crippen molar-refractivity contribution in [2.75, 3.05) is 13.7 Å². The summed E-state index contributed by atoms with van der Waals surface area (Å²) in [6, 6.07) is 7.81. The quantitative estimate of drug-likeness (QED) is 0.900. The smallest absolute Gasteiger partial charge is 0.267 e. The Labute approximate surface area is 158 Å². The Morgan fingerprint density at radius 1 is 1.41 bits per heavy atom. The maximum atomic E-state index is 12.9. The molecule has 0 unspecified atom stereocenters. The van der Waals surface area contributed by atoms with E-state index in [1.54, 1.807) is 7.11 Å². The molecule has 1 atom stereocenters. The van der Waals surface area contributed by atoms with E-state index < -0.39 is 6.10 Å². The molecule has 7 nitrogen and oxygen atoms in total. The van der Waals surface area contributed by atoms with Gasteiger partial charge in [-0.05, 0) is 18.1 Å². The first-order valence-electron chi connectivity index (χ1n) is 9.28. The van der Waals surface area contributed by atoms with Gasteiger partial charge in [0.25, 0.3) is 5.91 Å². The summed E-state index contributed by atoms with van der Waals surface area (Å²) in [7, 11) is 1.65. The van der Waals surface area contributed by atoms with Crippen LogP contribution in [0.1, 0.15) is 31.5 Å². The van der Waals surface area contributed by atoms with Gasteiger partial charge in [0, 0.05) is 42.8 Å². The average Bonchev–Trinajstić information content (AvgIpc) is 3.34. The van der Waals surface area contributed by atoms with Crippen LogP contribution in [0.15, 0.2) is 29.4 Å². The molecule has 0 spiro atoms. The monoisotopic (exact) mass is 368 g/mol. The highest BCUT2D eigenvalue weighted by molar-refractivity contribution is 5.94. The Bertz CT molecular complexity index is 887. The van der Waals surface area contributed by atoms with Crippen molar-refractivity contribution >= 4 is 11.6 Å². The summed E-state index contributed by atoms with van der Waals surface area (Å²) < 4.78 is 5.32. The number of rotatable bonds is 4. The summed E-state index contributed by atoms with van der Waals surface area (Å²) in [5.41, 5.74) is 4.94. The molecular weight excluding hydrogens is 344 g/mol. The molecule has 1 amide bonds. The molecule has 1 aromatic carbocycles. The summed E-state index contributed by atoms with van der Waals surface area (Å²) in [4.78, 5) is 20.2. The number of carbonyl (C=O) groups excluding carboxylic acids is 1. The number of aromatic nitrogens is 2. The Morgan fingerprint density at radius 2 is 2.26 bits per heavy atom. The number of amides is 1. The largest absolute Gasteiger partial charge is 0.497 e. The van der Waals surface area contributed by atoms with Crippen LogP contribution in [-0.4, -0.2) is 46.5 Å². The number of aromatic amines is 1. The normalized spacial score (nSPS) is 18.9. The molecule has 1 N–H and O–H groups in total. The number of hydrogen-bond donors (Lipinski definition) is 1. The molecule has 2 aliphatic rings. The van der Waals surface area contributed by atoms with E-state index in [0.29, 0.717) is 25.4 Å². The van der Waals surface area contributed by atoms with Gasteiger partial charge >= 0.3 is 0 Å². The zero-order chi connectivity index (χ0) is 19.0. The minimum atomic E-state index is -0.504. The molecule has 7 heteroatoms. The highest BCUT2D eigenvalue weighted by atomic mass is 16.6. The fraction of sp³-hybridized carbons (Fsp3) is 0.450. The van der Waals surface area contributed by atoms with Crippen molar-refractivity contribution in [1.29, 1.82) is 0 Å². The van der Waals surface area contributed by atoms with Gasteiger partial charge in [-0.2, -0.15) is 5.10 Å². The summed E-state index contributed by atoms with van der Waals surface area (Å²) >= 11 is 0. The topological polar surface area (TPSA) is 79.8 Å². The fourth-order valence-electron chi connectivity index (χ4n) is 3.57. The van der Waals surface area contributed by atoms with E-state index in [9.17, 15) is 4.79 Å². The second-order valence-electron chi connectivity index (χ2n) is 7.31. The number of benzene rings is 1. The standard InChI is InChI=1S/C20H24N4O3/c1-12(2)17-10-18(27-23-17)20(25)24-8-7-16-15(11-24)19(22-21-16)13-5-4-6-14(9-13)26-3/h4-6,9,12,18H,7-8,10-11H2,1-3H3,(H,21,22)/t18-/m0/s1. The van der Waals surface area contributed by atoms with Gasteiger partial charge in [0.15, 0.2) is 0 Å². The summed E-state index contributed by atoms with van der Waals surface area (Å²) in [6.45, 7) is 5.30. The summed E-state index contributed by atoms with van der Waals surface area (Å²) in [5.74, 6) is 1.08. The van der Waals surface area contributed by atoms with Crippen LogP contribution in [0.5, 0.6) is 5.75 Å². The number of methoxy groups -OCH3 is 1. The van der Waals surface area contributed by atoms with Crippen molar-refractivity contribution in [2.45, 2.75) is 39.3 Å². The van der Waals surface area contributed by atoms with Gasteiger partial charge in [-0.3, -0.25) is 9.89 Å². The predicted molar refractivity (Wildman–Crippen MR) is 101 cm³/mol.